The predicted octanol–water partition coefficient (Wildman–Crippen LogP) is 1.54. The minimum Gasteiger partial charge on any atom is -0.381 e. The molecule has 1 saturated heterocycles. The molecule has 2 N–H and O–H groups in total. The summed E-state index contributed by atoms with van der Waals surface area (Å²) in [5.74, 6) is 3.23. The molecule has 0 bridgehead atoms. The number of aromatic nitrogens is 3. The monoisotopic (exact) mass is 378 g/mol. The maximum absolute atomic E-state index is 5.78. The van der Waals surface area contributed by atoms with E-state index in [1.54, 1.807) is 0 Å². The maximum Gasteiger partial charge on any atom is 0.191 e. The molecule has 2 heterocycles. The van der Waals surface area contributed by atoms with Crippen molar-refractivity contribution in [2.24, 2.45) is 18.0 Å². The fraction of sp³-hybridized carbons (Fsp3) is 0.842. The average molecular weight is 379 g/mol. The van der Waals surface area contributed by atoms with Crippen LogP contribution in [0.3, 0.4) is 0 Å². The van der Waals surface area contributed by atoms with Crippen LogP contribution in [-0.4, -0.2) is 59.7 Å². The van der Waals surface area contributed by atoms with Crippen LogP contribution < -0.4 is 10.6 Å². The first-order chi connectivity index (χ1) is 13.2. The quantitative estimate of drug-likeness (QED) is 0.385. The third kappa shape index (κ3) is 6.46. The molecule has 8 nitrogen and oxygen atoms in total. The van der Waals surface area contributed by atoms with Gasteiger partial charge in [0.1, 0.15) is 12.4 Å². The number of hydrogen-bond acceptors (Lipinski definition) is 5. The number of aryl methyl sites for hydroxylation is 1. The van der Waals surface area contributed by atoms with Crippen molar-refractivity contribution in [3.05, 3.63) is 11.6 Å². The van der Waals surface area contributed by atoms with Gasteiger partial charge in [-0.1, -0.05) is 12.8 Å². The molecule has 0 amide bonds. The lowest BCUT2D eigenvalue weighted by molar-refractivity contribution is 0.0888. The van der Waals surface area contributed by atoms with E-state index in [1.807, 2.05) is 18.5 Å². The summed E-state index contributed by atoms with van der Waals surface area (Å²) in [5, 5.41) is 15.3. The molecule has 3 rings (SSSR count). The average Bonchev–Trinajstić information content (AvgIpc) is 3.41. The molecule has 1 atom stereocenters. The summed E-state index contributed by atoms with van der Waals surface area (Å²) >= 11 is 0. The van der Waals surface area contributed by atoms with Crippen molar-refractivity contribution in [2.45, 2.75) is 58.0 Å². The van der Waals surface area contributed by atoms with E-state index in [-0.39, 0.29) is 0 Å². The fourth-order valence-corrected chi connectivity index (χ4v) is 3.50. The Bertz CT molecular complexity index is 591. The van der Waals surface area contributed by atoms with E-state index < -0.39 is 0 Å². The number of rotatable bonds is 9. The summed E-state index contributed by atoms with van der Waals surface area (Å²) in [4.78, 5) is 4.73. The molecule has 1 aromatic heterocycles. The Morgan fingerprint density at radius 2 is 2.15 bits per heavy atom. The molecule has 1 unspecified atom stereocenters. The summed E-state index contributed by atoms with van der Waals surface area (Å²) in [6.07, 6.45) is 7.12. The zero-order chi connectivity index (χ0) is 18.9. The molecule has 8 heteroatoms. The number of guanidine groups is 1. The molecule has 1 aromatic rings. The summed E-state index contributed by atoms with van der Waals surface area (Å²) in [7, 11) is 1.98. The highest BCUT2D eigenvalue weighted by atomic mass is 16.5. The number of aliphatic imine (C=N–C) groups is 1. The van der Waals surface area contributed by atoms with Gasteiger partial charge in [-0.15, -0.1) is 10.2 Å². The van der Waals surface area contributed by atoms with E-state index in [9.17, 15) is 0 Å². The Hall–Kier alpha value is -1.67. The van der Waals surface area contributed by atoms with E-state index >= 15 is 0 Å². The van der Waals surface area contributed by atoms with Gasteiger partial charge in [0.15, 0.2) is 11.8 Å². The Labute approximate surface area is 162 Å². The standard InChI is InChI=1S/C19H34N6O2/c1-15-23-24-18(25(15)2)12-21-19(22-17-6-3-4-7-17)20-9-5-10-26-13-16-8-11-27-14-16/h16-17H,3-14H2,1-2H3,(H2,20,21,22). The van der Waals surface area contributed by atoms with E-state index in [0.717, 1.165) is 63.4 Å². The number of ether oxygens (including phenoxy) is 2. The van der Waals surface area contributed by atoms with Crippen LogP contribution in [0.2, 0.25) is 0 Å². The van der Waals surface area contributed by atoms with Gasteiger partial charge in [0, 0.05) is 38.8 Å². The van der Waals surface area contributed by atoms with Crippen LogP contribution >= 0.6 is 0 Å². The SMILES string of the molecule is Cc1nnc(CN=C(NCCCOCC2CCOC2)NC2CCCC2)n1C. The molecular weight excluding hydrogens is 344 g/mol. The molecule has 0 aromatic carbocycles. The number of hydrogen-bond donors (Lipinski definition) is 2. The molecule has 1 aliphatic heterocycles. The van der Waals surface area contributed by atoms with Crippen LogP contribution in [0.25, 0.3) is 0 Å². The van der Waals surface area contributed by atoms with Crippen molar-refractivity contribution >= 4 is 5.96 Å². The summed E-state index contributed by atoms with van der Waals surface area (Å²) in [6.45, 7) is 6.63. The van der Waals surface area contributed by atoms with E-state index in [1.165, 1.54) is 25.7 Å². The van der Waals surface area contributed by atoms with Crippen molar-refractivity contribution in [1.82, 2.24) is 25.4 Å². The van der Waals surface area contributed by atoms with Gasteiger partial charge >= 0.3 is 0 Å². The molecule has 0 spiro atoms. The molecular formula is C19H34N6O2. The summed E-state index contributed by atoms with van der Waals surface area (Å²) in [6, 6.07) is 0.524. The maximum atomic E-state index is 5.78. The molecule has 152 valence electrons. The van der Waals surface area contributed by atoms with Crippen LogP contribution in [0.15, 0.2) is 4.99 Å². The molecule has 0 radical (unpaired) electrons. The first kappa shape index (κ1) is 20.1. The Kier molecular flexibility index (Phi) is 7.89. The molecule has 27 heavy (non-hydrogen) atoms. The molecule has 1 aliphatic carbocycles. The van der Waals surface area contributed by atoms with Gasteiger partial charge in [-0.05, 0) is 32.6 Å². The fourth-order valence-electron chi connectivity index (χ4n) is 3.50. The Morgan fingerprint density at radius 3 is 2.85 bits per heavy atom. The highest BCUT2D eigenvalue weighted by molar-refractivity contribution is 5.80. The Morgan fingerprint density at radius 1 is 1.30 bits per heavy atom. The second-order valence-electron chi connectivity index (χ2n) is 7.60. The van der Waals surface area contributed by atoms with Gasteiger partial charge in [0.2, 0.25) is 0 Å². The van der Waals surface area contributed by atoms with Crippen LogP contribution in [0, 0.1) is 12.8 Å². The lowest BCUT2D eigenvalue weighted by Gasteiger charge is -2.17. The first-order valence-electron chi connectivity index (χ1n) is 10.3. The van der Waals surface area contributed by atoms with E-state index in [4.69, 9.17) is 14.5 Å². The van der Waals surface area contributed by atoms with Crippen molar-refractivity contribution in [3.63, 3.8) is 0 Å². The second-order valence-corrected chi connectivity index (χ2v) is 7.60. The van der Waals surface area contributed by atoms with Gasteiger partial charge in [0.05, 0.1) is 13.2 Å². The van der Waals surface area contributed by atoms with Gasteiger partial charge in [-0.2, -0.15) is 0 Å². The van der Waals surface area contributed by atoms with Gasteiger partial charge in [0.25, 0.3) is 0 Å². The lowest BCUT2D eigenvalue weighted by Crippen LogP contribution is -2.43. The third-order valence-corrected chi connectivity index (χ3v) is 5.39. The number of nitrogens with one attached hydrogen (secondary N) is 2. The molecule has 2 aliphatic rings. The number of nitrogens with zero attached hydrogens (tertiary/aromatic N) is 4. The summed E-state index contributed by atoms with van der Waals surface area (Å²) < 4.78 is 13.1. The van der Waals surface area contributed by atoms with E-state index in [2.05, 4.69) is 20.8 Å². The summed E-state index contributed by atoms with van der Waals surface area (Å²) in [5.41, 5.74) is 0. The minimum atomic E-state index is 0.524. The van der Waals surface area contributed by atoms with Crippen LogP contribution in [0.1, 0.15) is 50.2 Å². The van der Waals surface area contributed by atoms with Crippen LogP contribution in [0.4, 0.5) is 0 Å². The predicted molar refractivity (Wildman–Crippen MR) is 105 cm³/mol. The van der Waals surface area contributed by atoms with Crippen LogP contribution in [0.5, 0.6) is 0 Å². The zero-order valence-corrected chi connectivity index (χ0v) is 16.7. The van der Waals surface area contributed by atoms with Crippen LogP contribution in [-0.2, 0) is 23.1 Å². The third-order valence-electron chi connectivity index (χ3n) is 5.39. The largest absolute Gasteiger partial charge is 0.381 e. The lowest BCUT2D eigenvalue weighted by atomic mass is 10.1. The second kappa shape index (κ2) is 10.6. The smallest absolute Gasteiger partial charge is 0.191 e. The zero-order valence-electron chi connectivity index (χ0n) is 16.7. The van der Waals surface area contributed by atoms with Gasteiger partial charge in [-0.3, -0.25) is 0 Å². The van der Waals surface area contributed by atoms with Crippen molar-refractivity contribution in [3.8, 4) is 0 Å². The highest BCUT2D eigenvalue weighted by Gasteiger charge is 2.17. The highest BCUT2D eigenvalue weighted by Crippen LogP contribution is 2.17. The van der Waals surface area contributed by atoms with E-state index in [0.29, 0.717) is 18.5 Å². The van der Waals surface area contributed by atoms with Crippen molar-refractivity contribution in [1.29, 1.82) is 0 Å². The van der Waals surface area contributed by atoms with Gasteiger partial charge in [-0.25, -0.2) is 4.99 Å². The molecule has 2 fully saturated rings. The van der Waals surface area contributed by atoms with Crippen molar-refractivity contribution < 1.29 is 9.47 Å². The topological polar surface area (TPSA) is 85.6 Å². The van der Waals surface area contributed by atoms with Gasteiger partial charge < -0.3 is 24.7 Å². The molecule has 1 saturated carbocycles. The minimum absolute atomic E-state index is 0.524. The first-order valence-corrected chi connectivity index (χ1v) is 10.3. The van der Waals surface area contributed by atoms with Crippen molar-refractivity contribution in [2.75, 3.05) is 33.0 Å². The Balaban J connectivity index is 1.41. The normalized spacial score (nSPS) is 21.1.